The quantitative estimate of drug-likeness (QED) is 0.677. The van der Waals surface area contributed by atoms with Crippen LogP contribution >= 0.6 is 0 Å². The minimum atomic E-state index is 0.0140. The fourth-order valence-electron chi connectivity index (χ4n) is 3.39. The van der Waals surface area contributed by atoms with Gasteiger partial charge in [0.2, 0.25) is 5.91 Å². The Kier molecular flexibility index (Phi) is 4.81. The van der Waals surface area contributed by atoms with E-state index in [0.717, 1.165) is 17.3 Å². The largest absolute Gasteiger partial charge is 0.497 e. The number of methoxy groups -OCH3 is 1. The number of rotatable bonds is 4. The summed E-state index contributed by atoms with van der Waals surface area (Å²) in [5, 5.41) is 8.61. The van der Waals surface area contributed by atoms with Gasteiger partial charge in [0, 0.05) is 38.2 Å². The number of aromatic nitrogens is 5. The Labute approximate surface area is 162 Å². The molecule has 0 unspecified atom stereocenters. The van der Waals surface area contributed by atoms with Crippen molar-refractivity contribution in [3.63, 3.8) is 0 Å². The highest BCUT2D eigenvalue weighted by Gasteiger charge is 2.25. The molecule has 3 heterocycles. The van der Waals surface area contributed by atoms with Gasteiger partial charge in [0.25, 0.3) is 0 Å². The van der Waals surface area contributed by atoms with E-state index in [1.807, 2.05) is 43.0 Å². The molecule has 0 atom stereocenters. The van der Waals surface area contributed by atoms with Gasteiger partial charge in [0.05, 0.1) is 12.8 Å². The van der Waals surface area contributed by atoms with E-state index in [-0.39, 0.29) is 11.8 Å². The van der Waals surface area contributed by atoms with Crippen molar-refractivity contribution in [2.75, 3.05) is 38.2 Å². The molecule has 1 aliphatic rings. The van der Waals surface area contributed by atoms with Gasteiger partial charge in [-0.3, -0.25) is 4.79 Å². The van der Waals surface area contributed by atoms with Crippen molar-refractivity contribution in [1.82, 2.24) is 29.9 Å². The van der Waals surface area contributed by atoms with E-state index in [2.05, 4.69) is 25.2 Å². The maximum Gasteiger partial charge on any atom is 0.225 e. The van der Waals surface area contributed by atoms with E-state index in [1.54, 1.807) is 11.8 Å². The van der Waals surface area contributed by atoms with Crippen LogP contribution < -0.4 is 9.64 Å². The highest BCUT2D eigenvalue weighted by Crippen LogP contribution is 2.25. The smallest absolute Gasteiger partial charge is 0.225 e. The van der Waals surface area contributed by atoms with Crippen molar-refractivity contribution in [1.29, 1.82) is 0 Å². The molecule has 1 aromatic carbocycles. The Hall–Kier alpha value is -3.23. The molecule has 2 aromatic heterocycles. The number of carbonyl (C=O) groups excluding carboxylic acids is 1. The monoisotopic (exact) mass is 381 g/mol. The van der Waals surface area contributed by atoms with Crippen LogP contribution in [0, 0.1) is 5.92 Å². The van der Waals surface area contributed by atoms with Crippen molar-refractivity contribution in [3.05, 3.63) is 30.6 Å². The number of amides is 1. The Morgan fingerprint density at radius 1 is 1.14 bits per heavy atom. The minimum Gasteiger partial charge on any atom is -0.497 e. The van der Waals surface area contributed by atoms with Gasteiger partial charge in [-0.15, -0.1) is 5.10 Å². The lowest BCUT2D eigenvalue weighted by Crippen LogP contribution is -2.50. The number of hydrogen-bond acceptors (Lipinski definition) is 7. The van der Waals surface area contributed by atoms with E-state index < -0.39 is 0 Å². The average molecular weight is 381 g/mol. The third-order valence-corrected chi connectivity index (χ3v) is 4.90. The molecule has 0 bridgehead atoms. The summed E-state index contributed by atoms with van der Waals surface area (Å²) in [6, 6.07) is 7.58. The van der Waals surface area contributed by atoms with Gasteiger partial charge >= 0.3 is 0 Å². The summed E-state index contributed by atoms with van der Waals surface area (Å²) in [5.74, 6) is 1.69. The Balaban J connectivity index is 1.62. The molecule has 28 heavy (non-hydrogen) atoms. The Morgan fingerprint density at radius 2 is 1.93 bits per heavy atom. The summed E-state index contributed by atoms with van der Waals surface area (Å²) in [5.41, 5.74) is 2.10. The van der Waals surface area contributed by atoms with Gasteiger partial charge in [0.15, 0.2) is 17.0 Å². The second kappa shape index (κ2) is 7.41. The van der Waals surface area contributed by atoms with E-state index in [1.165, 1.54) is 6.33 Å². The van der Waals surface area contributed by atoms with Crippen LogP contribution in [0.1, 0.15) is 13.8 Å². The third-order valence-electron chi connectivity index (χ3n) is 4.90. The molecule has 146 valence electrons. The highest BCUT2D eigenvalue weighted by molar-refractivity contribution is 5.84. The number of benzene rings is 1. The first-order chi connectivity index (χ1) is 13.6. The van der Waals surface area contributed by atoms with Crippen LogP contribution in [0.3, 0.4) is 0 Å². The van der Waals surface area contributed by atoms with Crippen LogP contribution in [0.4, 0.5) is 5.82 Å². The van der Waals surface area contributed by atoms with Crippen molar-refractivity contribution >= 4 is 22.9 Å². The number of ether oxygens (including phenoxy) is 1. The van der Waals surface area contributed by atoms with E-state index >= 15 is 0 Å². The molecule has 4 rings (SSSR count). The molecule has 0 aliphatic carbocycles. The molecule has 9 heteroatoms. The third kappa shape index (κ3) is 3.23. The van der Waals surface area contributed by atoms with Crippen LogP contribution in [0.2, 0.25) is 0 Å². The predicted octanol–water partition coefficient (Wildman–Crippen LogP) is 1.52. The number of piperazine rings is 1. The molecule has 1 aliphatic heterocycles. The Morgan fingerprint density at radius 3 is 2.64 bits per heavy atom. The highest BCUT2D eigenvalue weighted by atomic mass is 16.5. The molecule has 1 fully saturated rings. The maximum atomic E-state index is 12.2. The average Bonchev–Trinajstić information content (AvgIpc) is 3.17. The normalized spacial score (nSPS) is 14.7. The van der Waals surface area contributed by atoms with Crippen molar-refractivity contribution < 1.29 is 9.53 Å². The first kappa shape index (κ1) is 18.1. The fourth-order valence-corrected chi connectivity index (χ4v) is 3.39. The zero-order chi connectivity index (χ0) is 19.7. The van der Waals surface area contributed by atoms with Crippen LogP contribution in [-0.2, 0) is 4.79 Å². The standard InChI is InChI=1S/C19H23N7O2/c1-13(2)19(27)25-9-7-24(8-10-25)17-16-18(21-12-20-17)26(23-22-16)14-5-4-6-15(11-14)28-3/h4-6,11-13H,7-10H2,1-3H3. The summed E-state index contributed by atoms with van der Waals surface area (Å²) in [6.45, 7) is 6.62. The zero-order valence-corrected chi connectivity index (χ0v) is 16.2. The maximum absolute atomic E-state index is 12.2. The van der Waals surface area contributed by atoms with Crippen LogP contribution in [0.5, 0.6) is 5.75 Å². The second-order valence-corrected chi connectivity index (χ2v) is 7.04. The van der Waals surface area contributed by atoms with Gasteiger partial charge < -0.3 is 14.5 Å². The SMILES string of the molecule is COc1cccc(-n2nnc3c(N4CCN(C(=O)C(C)C)CC4)ncnc32)c1. The van der Waals surface area contributed by atoms with E-state index in [9.17, 15) is 4.79 Å². The fraction of sp³-hybridized carbons (Fsp3) is 0.421. The molecule has 0 spiro atoms. The van der Waals surface area contributed by atoms with Gasteiger partial charge in [0.1, 0.15) is 12.1 Å². The van der Waals surface area contributed by atoms with Gasteiger partial charge in [-0.2, -0.15) is 4.68 Å². The molecule has 0 N–H and O–H groups in total. The van der Waals surface area contributed by atoms with Crippen molar-refractivity contribution in [3.8, 4) is 11.4 Å². The Bertz CT molecular complexity index is 993. The van der Waals surface area contributed by atoms with Crippen LogP contribution in [0.25, 0.3) is 16.9 Å². The van der Waals surface area contributed by atoms with Crippen LogP contribution in [0.15, 0.2) is 30.6 Å². The summed E-state index contributed by atoms with van der Waals surface area (Å²) in [6.07, 6.45) is 1.53. The number of carbonyl (C=O) groups is 1. The molecule has 1 saturated heterocycles. The molecule has 9 nitrogen and oxygen atoms in total. The first-order valence-electron chi connectivity index (χ1n) is 9.33. The van der Waals surface area contributed by atoms with Gasteiger partial charge in [-0.25, -0.2) is 9.97 Å². The summed E-state index contributed by atoms with van der Waals surface area (Å²) >= 11 is 0. The number of fused-ring (bicyclic) bond motifs is 1. The zero-order valence-electron chi connectivity index (χ0n) is 16.2. The molecular weight excluding hydrogens is 358 g/mol. The number of hydrogen-bond donors (Lipinski definition) is 0. The first-order valence-corrected chi connectivity index (χ1v) is 9.33. The van der Waals surface area contributed by atoms with Crippen molar-refractivity contribution in [2.45, 2.75) is 13.8 Å². The number of nitrogens with zero attached hydrogens (tertiary/aromatic N) is 7. The molecule has 1 amide bonds. The second-order valence-electron chi connectivity index (χ2n) is 7.04. The topological polar surface area (TPSA) is 89.3 Å². The molecule has 3 aromatic rings. The minimum absolute atomic E-state index is 0.0140. The molecule has 0 saturated carbocycles. The van der Waals surface area contributed by atoms with Gasteiger partial charge in [-0.1, -0.05) is 25.1 Å². The van der Waals surface area contributed by atoms with Crippen molar-refractivity contribution in [2.24, 2.45) is 5.92 Å². The lowest BCUT2D eigenvalue weighted by Gasteiger charge is -2.36. The summed E-state index contributed by atoms with van der Waals surface area (Å²) in [4.78, 5) is 25.1. The van der Waals surface area contributed by atoms with Crippen LogP contribution in [-0.4, -0.2) is 69.1 Å². The predicted molar refractivity (Wildman–Crippen MR) is 105 cm³/mol. The van der Waals surface area contributed by atoms with E-state index in [0.29, 0.717) is 37.3 Å². The molecule has 0 radical (unpaired) electrons. The van der Waals surface area contributed by atoms with Gasteiger partial charge in [-0.05, 0) is 12.1 Å². The van der Waals surface area contributed by atoms with E-state index in [4.69, 9.17) is 4.74 Å². The molecular formula is C19H23N7O2. The lowest BCUT2D eigenvalue weighted by molar-refractivity contribution is -0.134. The summed E-state index contributed by atoms with van der Waals surface area (Å²) < 4.78 is 6.98. The summed E-state index contributed by atoms with van der Waals surface area (Å²) in [7, 11) is 1.63. The lowest BCUT2D eigenvalue weighted by atomic mass is 10.1. The number of anilines is 1.